The van der Waals surface area contributed by atoms with E-state index in [0.717, 1.165) is 30.0 Å². The number of nitrogens with zero attached hydrogens (tertiary/aromatic N) is 4. The molecule has 1 aliphatic rings. The van der Waals surface area contributed by atoms with Crippen molar-refractivity contribution in [2.24, 2.45) is 7.05 Å². The summed E-state index contributed by atoms with van der Waals surface area (Å²) in [6.45, 7) is 4.40. The number of benzene rings is 1. The van der Waals surface area contributed by atoms with Gasteiger partial charge in [0.25, 0.3) is 0 Å². The molecule has 0 saturated carbocycles. The van der Waals surface area contributed by atoms with Gasteiger partial charge in [0.05, 0.1) is 12.5 Å². The lowest BCUT2D eigenvalue weighted by Gasteiger charge is -2.39. The Kier molecular flexibility index (Phi) is 4.28. The van der Waals surface area contributed by atoms with Crippen molar-refractivity contribution in [3.05, 3.63) is 53.7 Å². The quantitative estimate of drug-likeness (QED) is 0.787. The van der Waals surface area contributed by atoms with E-state index in [1.54, 1.807) is 0 Å². The molecule has 3 heterocycles. The largest absolute Gasteiger partial charge is 0.361 e. The molecule has 0 aliphatic carbocycles. The molecule has 4 rings (SSSR count). The minimum atomic E-state index is 0.136. The first-order valence-corrected chi connectivity index (χ1v) is 9.05. The monoisotopic (exact) mass is 351 g/mol. The Balaban J connectivity index is 1.53. The minimum Gasteiger partial charge on any atom is -0.361 e. The molecule has 6 nitrogen and oxygen atoms in total. The SMILES string of the molecule is Cc1cccc2[nH]cc(CC(=O)N3CCN(C)C(c4nccn4C)C3)c12. The van der Waals surface area contributed by atoms with E-state index in [1.807, 2.05) is 41.2 Å². The van der Waals surface area contributed by atoms with E-state index in [4.69, 9.17) is 0 Å². The average molecular weight is 351 g/mol. The molecule has 26 heavy (non-hydrogen) atoms. The predicted molar refractivity (Wildman–Crippen MR) is 102 cm³/mol. The summed E-state index contributed by atoms with van der Waals surface area (Å²) >= 11 is 0. The second kappa shape index (κ2) is 6.61. The zero-order valence-electron chi connectivity index (χ0n) is 15.6. The minimum absolute atomic E-state index is 0.136. The van der Waals surface area contributed by atoms with Crippen LogP contribution in [-0.2, 0) is 18.3 Å². The number of likely N-dealkylation sites (N-methyl/N-ethyl adjacent to an activating group) is 1. The number of hydrogen-bond donors (Lipinski definition) is 1. The lowest BCUT2D eigenvalue weighted by molar-refractivity contribution is -0.133. The molecule has 0 bridgehead atoms. The van der Waals surface area contributed by atoms with E-state index >= 15 is 0 Å². The van der Waals surface area contributed by atoms with Gasteiger partial charge in [0, 0.05) is 56.2 Å². The molecular formula is C20H25N5O. The molecule has 1 fully saturated rings. The van der Waals surface area contributed by atoms with E-state index in [0.29, 0.717) is 13.0 Å². The van der Waals surface area contributed by atoms with E-state index in [1.165, 1.54) is 10.9 Å². The van der Waals surface area contributed by atoms with Crippen LogP contribution in [0, 0.1) is 6.92 Å². The van der Waals surface area contributed by atoms with Crippen molar-refractivity contribution in [2.75, 3.05) is 26.7 Å². The second-order valence-corrected chi connectivity index (χ2v) is 7.22. The number of imidazole rings is 1. The van der Waals surface area contributed by atoms with Crippen molar-refractivity contribution in [2.45, 2.75) is 19.4 Å². The van der Waals surface area contributed by atoms with Crippen LogP contribution in [0.5, 0.6) is 0 Å². The number of aromatic nitrogens is 3. The van der Waals surface area contributed by atoms with Crippen LogP contribution in [0.3, 0.4) is 0 Å². The number of hydrogen-bond acceptors (Lipinski definition) is 3. The third-order valence-electron chi connectivity index (χ3n) is 5.49. The fraction of sp³-hybridized carbons (Fsp3) is 0.400. The fourth-order valence-corrected chi connectivity index (χ4v) is 3.94. The summed E-state index contributed by atoms with van der Waals surface area (Å²) in [5.41, 5.74) is 3.38. The third kappa shape index (κ3) is 2.90. The molecule has 6 heteroatoms. The molecule has 1 aliphatic heterocycles. The van der Waals surface area contributed by atoms with Gasteiger partial charge in [-0.05, 0) is 31.2 Å². The summed E-state index contributed by atoms with van der Waals surface area (Å²) in [4.78, 5) is 25.0. The first-order valence-electron chi connectivity index (χ1n) is 9.05. The number of aryl methyl sites for hydroxylation is 2. The maximum Gasteiger partial charge on any atom is 0.227 e. The van der Waals surface area contributed by atoms with Crippen LogP contribution >= 0.6 is 0 Å². The number of piperazine rings is 1. The lowest BCUT2D eigenvalue weighted by atomic mass is 10.0. The molecule has 2 aromatic heterocycles. The highest BCUT2D eigenvalue weighted by Gasteiger charge is 2.30. The zero-order valence-corrected chi connectivity index (χ0v) is 15.6. The Morgan fingerprint density at radius 3 is 2.92 bits per heavy atom. The number of aromatic amines is 1. The molecule has 3 aromatic rings. The van der Waals surface area contributed by atoms with Crippen LogP contribution in [0.1, 0.15) is 23.0 Å². The van der Waals surface area contributed by atoms with Gasteiger partial charge in [0.15, 0.2) is 0 Å². The number of amides is 1. The Bertz CT molecular complexity index is 941. The predicted octanol–water partition coefficient (Wildman–Crippen LogP) is 2.27. The maximum absolute atomic E-state index is 13.0. The van der Waals surface area contributed by atoms with Crippen LogP contribution in [0.2, 0.25) is 0 Å². The summed E-state index contributed by atoms with van der Waals surface area (Å²) < 4.78 is 2.04. The fourth-order valence-electron chi connectivity index (χ4n) is 3.94. The smallest absolute Gasteiger partial charge is 0.227 e. The Labute approximate surface area is 153 Å². The van der Waals surface area contributed by atoms with E-state index in [9.17, 15) is 4.79 Å². The number of nitrogens with one attached hydrogen (secondary N) is 1. The topological polar surface area (TPSA) is 57.2 Å². The summed E-state index contributed by atoms with van der Waals surface area (Å²) in [5, 5.41) is 1.18. The third-order valence-corrected chi connectivity index (χ3v) is 5.49. The lowest BCUT2D eigenvalue weighted by Crippen LogP contribution is -2.50. The van der Waals surface area contributed by atoms with E-state index in [2.05, 4.69) is 41.0 Å². The summed E-state index contributed by atoms with van der Waals surface area (Å²) in [6.07, 6.45) is 6.18. The number of fused-ring (bicyclic) bond motifs is 1. The highest BCUT2D eigenvalue weighted by molar-refractivity contribution is 5.91. The van der Waals surface area contributed by atoms with Crippen molar-refractivity contribution >= 4 is 16.8 Å². The van der Waals surface area contributed by atoms with Crippen molar-refractivity contribution in [3.8, 4) is 0 Å². The van der Waals surface area contributed by atoms with Gasteiger partial charge in [-0.3, -0.25) is 9.69 Å². The van der Waals surface area contributed by atoms with Crippen LogP contribution in [0.15, 0.2) is 36.8 Å². The molecule has 136 valence electrons. The van der Waals surface area contributed by atoms with Crippen LogP contribution in [0.25, 0.3) is 10.9 Å². The second-order valence-electron chi connectivity index (χ2n) is 7.22. The standard InChI is InChI=1S/C20H25N5O/c1-14-5-4-6-16-19(14)15(12-22-16)11-18(26)25-10-9-23(2)17(13-25)20-21-7-8-24(20)3/h4-8,12,17,22H,9-11,13H2,1-3H3. The molecule has 1 atom stereocenters. The Hall–Kier alpha value is -2.60. The molecule has 1 amide bonds. The Morgan fingerprint density at radius 2 is 2.15 bits per heavy atom. The highest BCUT2D eigenvalue weighted by atomic mass is 16.2. The highest BCUT2D eigenvalue weighted by Crippen LogP contribution is 2.25. The average Bonchev–Trinajstić information content (AvgIpc) is 3.22. The maximum atomic E-state index is 13.0. The molecule has 1 aromatic carbocycles. The van der Waals surface area contributed by atoms with Crippen molar-refractivity contribution < 1.29 is 4.79 Å². The van der Waals surface area contributed by atoms with Crippen LogP contribution in [-0.4, -0.2) is 56.9 Å². The van der Waals surface area contributed by atoms with E-state index < -0.39 is 0 Å². The van der Waals surface area contributed by atoms with Crippen LogP contribution < -0.4 is 0 Å². The van der Waals surface area contributed by atoms with Gasteiger partial charge in [0.1, 0.15) is 5.82 Å². The van der Waals surface area contributed by atoms with Gasteiger partial charge in [-0.25, -0.2) is 4.98 Å². The van der Waals surface area contributed by atoms with Gasteiger partial charge in [0.2, 0.25) is 5.91 Å². The van der Waals surface area contributed by atoms with Gasteiger partial charge in [-0.15, -0.1) is 0 Å². The van der Waals surface area contributed by atoms with Gasteiger partial charge >= 0.3 is 0 Å². The molecule has 0 radical (unpaired) electrons. The number of carbonyl (C=O) groups is 1. The molecule has 1 N–H and O–H groups in total. The van der Waals surface area contributed by atoms with Gasteiger partial charge in [-0.1, -0.05) is 12.1 Å². The first kappa shape index (κ1) is 16.8. The first-order chi connectivity index (χ1) is 12.5. The number of H-pyrrole nitrogens is 1. The van der Waals surface area contributed by atoms with Crippen LogP contribution in [0.4, 0.5) is 0 Å². The summed E-state index contributed by atoms with van der Waals surface area (Å²) in [5.74, 6) is 1.19. The molecule has 1 saturated heterocycles. The van der Waals surface area contributed by atoms with Gasteiger partial charge < -0.3 is 14.5 Å². The molecule has 0 spiro atoms. The Morgan fingerprint density at radius 1 is 1.31 bits per heavy atom. The van der Waals surface area contributed by atoms with Crippen molar-refractivity contribution in [1.82, 2.24) is 24.3 Å². The van der Waals surface area contributed by atoms with E-state index in [-0.39, 0.29) is 11.9 Å². The molecular weight excluding hydrogens is 326 g/mol. The summed E-state index contributed by atoms with van der Waals surface area (Å²) in [6, 6.07) is 6.33. The number of carbonyl (C=O) groups excluding carboxylic acids is 1. The normalized spacial score (nSPS) is 18.6. The van der Waals surface area contributed by atoms with Crippen molar-refractivity contribution in [1.29, 1.82) is 0 Å². The zero-order chi connectivity index (χ0) is 18.3. The number of rotatable bonds is 3. The van der Waals surface area contributed by atoms with Crippen molar-refractivity contribution in [3.63, 3.8) is 0 Å². The van der Waals surface area contributed by atoms with Gasteiger partial charge in [-0.2, -0.15) is 0 Å². The molecule has 1 unspecified atom stereocenters. The summed E-state index contributed by atoms with van der Waals surface area (Å²) in [7, 11) is 4.11.